The van der Waals surface area contributed by atoms with Gasteiger partial charge in [0.2, 0.25) is 0 Å². The topological polar surface area (TPSA) is 114 Å². The van der Waals surface area contributed by atoms with Gasteiger partial charge in [0.25, 0.3) is 0 Å². The smallest absolute Gasteiger partial charge is 0.335 e. The van der Waals surface area contributed by atoms with E-state index in [2.05, 4.69) is 15.8 Å². The second-order valence-electron chi connectivity index (χ2n) is 4.01. The highest BCUT2D eigenvalue weighted by molar-refractivity contribution is 5.94. The number of carboxylic acid groups (broad SMARTS) is 1. The summed E-state index contributed by atoms with van der Waals surface area (Å²) >= 11 is 0. The van der Waals surface area contributed by atoms with Crippen LogP contribution in [0.2, 0.25) is 0 Å². The minimum absolute atomic E-state index is 0.0429. The molecule has 0 aliphatic carbocycles. The molecule has 0 saturated carbocycles. The van der Waals surface area contributed by atoms with Gasteiger partial charge in [-0.1, -0.05) is 5.16 Å². The van der Waals surface area contributed by atoms with E-state index >= 15 is 0 Å². The third-order valence-electron chi connectivity index (χ3n) is 2.61. The fourth-order valence-electron chi connectivity index (χ4n) is 1.61. The molecule has 0 aliphatic heterocycles. The first kappa shape index (κ1) is 14.4. The number of hydrogen-bond acceptors (Lipinski definition) is 5. The molecule has 1 aromatic heterocycles. The van der Waals surface area contributed by atoms with Crippen molar-refractivity contribution in [3.05, 3.63) is 41.8 Å². The van der Waals surface area contributed by atoms with Crippen LogP contribution in [0.1, 0.15) is 16.1 Å². The van der Waals surface area contributed by atoms with Crippen molar-refractivity contribution >= 4 is 17.7 Å². The number of carbonyl (C=O) groups excluding carboxylic acids is 1. The number of carbonyl (C=O) groups is 2. The Morgan fingerprint density at radius 1 is 1.38 bits per heavy atom. The van der Waals surface area contributed by atoms with Crippen LogP contribution < -0.4 is 15.4 Å². The summed E-state index contributed by atoms with van der Waals surface area (Å²) < 4.78 is 9.90. The minimum Gasteiger partial charge on any atom is -0.495 e. The van der Waals surface area contributed by atoms with Crippen LogP contribution in [0.15, 0.2) is 35.0 Å². The standard InChI is InChI=1S/C13H13N3O5/c1-20-11-3-2-8(12(17)18)6-10(11)16-13(19)14-7-9-4-5-15-21-9/h2-6H,7H2,1H3,(H,17,18)(H2,14,16,19). The molecule has 0 unspecified atom stereocenters. The van der Waals surface area contributed by atoms with Gasteiger partial charge in [0.05, 0.1) is 31.1 Å². The molecule has 21 heavy (non-hydrogen) atoms. The zero-order valence-electron chi connectivity index (χ0n) is 11.1. The van der Waals surface area contributed by atoms with Crippen LogP contribution in [-0.2, 0) is 6.54 Å². The first-order chi connectivity index (χ1) is 10.1. The number of nitrogens with zero attached hydrogens (tertiary/aromatic N) is 1. The maximum Gasteiger partial charge on any atom is 0.335 e. The van der Waals surface area contributed by atoms with Crippen molar-refractivity contribution in [3.8, 4) is 5.75 Å². The fraction of sp³-hybridized carbons (Fsp3) is 0.154. The van der Waals surface area contributed by atoms with Crippen molar-refractivity contribution in [1.29, 1.82) is 0 Å². The third-order valence-corrected chi connectivity index (χ3v) is 2.61. The van der Waals surface area contributed by atoms with Gasteiger partial charge < -0.3 is 25.0 Å². The SMILES string of the molecule is COc1ccc(C(=O)O)cc1NC(=O)NCc1ccno1. The number of aromatic carboxylic acids is 1. The lowest BCUT2D eigenvalue weighted by Crippen LogP contribution is -2.28. The third kappa shape index (κ3) is 3.72. The number of amides is 2. The number of urea groups is 1. The molecular formula is C13H13N3O5. The summed E-state index contributed by atoms with van der Waals surface area (Å²) in [7, 11) is 1.42. The average Bonchev–Trinajstić information content (AvgIpc) is 2.98. The van der Waals surface area contributed by atoms with E-state index < -0.39 is 12.0 Å². The zero-order valence-corrected chi connectivity index (χ0v) is 11.1. The number of nitrogens with one attached hydrogen (secondary N) is 2. The highest BCUT2D eigenvalue weighted by atomic mass is 16.5. The first-order valence-electron chi connectivity index (χ1n) is 5.96. The van der Waals surface area contributed by atoms with Gasteiger partial charge in [-0.25, -0.2) is 9.59 Å². The monoisotopic (exact) mass is 291 g/mol. The lowest BCUT2D eigenvalue weighted by atomic mass is 10.2. The maximum absolute atomic E-state index is 11.8. The van der Waals surface area contributed by atoms with E-state index in [4.69, 9.17) is 14.4 Å². The molecule has 0 saturated heterocycles. The number of carboxylic acids is 1. The summed E-state index contributed by atoms with van der Waals surface area (Å²) in [5.41, 5.74) is 0.300. The first-order valence-corrected chi connectivity index (χ1v) is 5.96. The Bertz CT molecular complexity index is 639. The van der Waals surface area contributed by atoms with Crippen molar-refractivity contribution < 1.29 is 24.0 Å². The van der Waals surface area contributed by atoms with Crippen molar-refractivity contribution in [2.24, 2.45) is 0 Å². The molecule has 8 nitrogen and oxygen atoms in total. The molecule has 1 aromatic carbocycles. The summed E-state index contributed by atoms with van der Waals surface area (Å²) in [6.07, 6.45) is 1.47. The lowest BCUT2D eigenvalue weighted by Gasteiger charge is -2.11. The molecule has 0 fully saturated rings. The van der Waals surface area contributed by atoms with Gasteiger partial charge in [-0.15, -0.1) is 0 Å². The quantitative estimate of drug-likeness (QED) is 0.772. The van der Waals surface area contributed by atoms with E-state index in [0.29, 0.717) is 11.5 Å². The maximum atomic E-state index is 11.8. The number of hydrogen-bond donors (Lipinski definition) is 3. The summed E-state index contributed by atoms with van der Waals surface area (Å²) in [5, 5.41) is 17.5. The molecule has 0 spiro atoms. The van der Waals surface area contributed by atoms with E-state index in [9.17, 15) is 9.59 Å². The van der Waals surface area contributed by atoms with Gasteiger partial charge in [0.1, 0.15) is 5.75 Å². The van der Waals surface area contributed by atoms with Crippen molar-refractivity contribution in [3.63, 3.8) is 0 Å². The second-order valence-corrected chi connectivity index (χ2v) is 4.01. The minimum atomic E-state index is -1.09. The Labute approximate surface area is 119 Å². The molecule has 0 atom stereocenters. The molecule has 3 N–H and O–H groups in total. The van der Waals surface area contributed by atoms with Gasteiger partial charge >= 0.3 is 12.0 Å². The molecule has 0 radical (unpaired) electrons. The van der Waals surface area contributed by atoms with Crippen LogP contribution in [0.5, 0.6) is 5.75 Å². The Kier molecular flexibility index (Phi) is 4.39. The number of rotatable bonds is 5. The molecule has 2 aromatic rings. The summed E-state index contributed by atoms with van der Waals surface area (Å²) in [6, 6.07) is 5.27. The molecular weight excluding hydrogens is 278 g/mol. The van der Waals surface area contributed by atoms with Gasteiger partial charge in [-0.3, -0.25) is 0 Å². The van der Waals surface area contributed by atoms with Crippen molar-refractivity contribution in [1.82, 2.24) is 10.5 Å². The Balaban J connectivity index is 2.04. The summed E-state index contributed by atoms with van der Waals surface area (Å²) in [5.74, 6) is -0.242. The van der Waals surface area contributed by atoms with Crippen LogP contribution in [0, 0.1) is 0 Å². The Hall–Kier alpha value is -3.03. The van der Waals surface area contributed by atoms with Crippen LogP contribution in [0.3, 0.4) is 0 Å². The van der Waals surface area contributed by atoms with Crippen molar-refractivity contribution in [2.45, 2.75) is 6.54 Å². The number of methoxy groups -OCH3 is 1. The van der Waals surface area contributed by atoms with E-state index in [1.807, 2.05) is 0 Å². The molecule has 8 heteroatoms. The number of anilines is 1. The molecule has 110 valence electrons. The van der Waals surface area contributed by atoms with E-state index in [0.717, 1.165) is 0 Å². The summed E-state index contributed by atoms with van der Waals surface area (Å²) in [4.78, 5) is 22.7. The summed E-state index contributed by atoms with van der Waals surface area (Å²) in [6.45, 7) is 0.159. The van der Waals surface area contributed by atoms with Gasteiger partial charge in [-0.05, 0) is 18.2 Å². The van der Waals surface area contributed by atoms with E-state index in [-0.39, 0.29) is 17.8 Å². The highest BCUT2D eigenvalue weighted by Gasteiger charge is 2.11. The van der Waals surface area contributed by atoms with Gasteiger partial charge in [0.15, 0.2) is 5.76 Å². The molecule has 2 amide bonds. The van der Waals surface area contributed by atoms with Crippen LogP contribution in [-0.4, -0.2) is 29.4 Å². The van der Waals surface area contributed by atoms with Crippen molar-refractivity contribution in [2.75, 3.05) is 12.4 Å². The second kappa shape index (κ2) is 6.42. The van der Waals surface area contributed by atoms with Crippen LogP contribution in [0.25, 0.3) is 0 Å². The van der Waals surface area contributed by atoms with Crippen LogP contribution >= 0.6 is 0 Å². The normalized spacial score (nSPS) is 9.95. The predicted octanol–water partition coefficient (Wildman–Crippen LogP) is 1.70. The van der Waals surface area contributed by atoms with Gasteiger partial charge in [-0.2, -0.15) is 0 Å². The molecule has 1 heterocycles. The number of ether oxygens (including phenoxy) is 1. The van der Waals surface area contributed by atoms with E-state index in [1.165, 1.54) is 31.5 Å². The fourth-order valence-corrected chi connectivity index (χ4v) is 1.61. The average molecular weight is 291 g/mol. The number of benzene rings is 1. The Morgan fingerprint density at radius 2 is 2.19 bits per heavy atom. The molecule has 0 bridgehead atoms. The Morgan fingerprint density at radius 3 is 2.81 bits per heavy atom. The largest absolute Gasteiger partial charge is 0.495 e. The lowest BCUT2D eigenvalue weighted by molar-refractivity contribution is 0.0697. The van der Waals surface area contributed by atoms with E-state index in [1.54, 1.807) is 6.07 Å². The van der Waals surface area contributed by atoms with Gasteiger partial charge in [0, 0.05) is 6.07 Å². The highest BCUT2D eigenvalue weighted by Crippen LogP contribution is 2.25. The molecule has 0 aliphatic rings. The molecule has 2 rings (SSSR count). The number of aromatic nitrogens is 1. The predicted molar refractivity (Wildman–Crippen MR) is 72.3 cm³/mol. The van der Waals surface area contributed by atoms with Crippen LogP contribution in [0.4, 0.5) is 10.5 Å². The zero-order chi connectivity index (χ0) is 15.2.